The molecular formula is C57H46F2N4. The van der Waals surface area contributed by atoms with Crippen molar-refractivity contribution in [1.29, 1.82) is 0 Å². The molecule has 0 fully saturated rings. The highest BCUT2D eigenvalue weighted by Crippen LogP contribution is 2.53. The first kappa shape index (κ1) is 39.8. The topological polar surface area (TPSA) is 41.9 Å². The number of halogens is 2. The Hall–Kier alpha value is -7.31. The van der Waals surface area contributed by atoms with Crippen LogP contribution in [-0.2, 0) is 0 Å². The second-order valence-electron chi connectivity index (χ2n) is 17.1. The normalized spacial score (nSPS) is 15.3. The summed E-state index contributed by atoms with van der Waals surface area (Å²) in [7, 11) is 0. The van der Waals surface area contributed by atoms with E-state index in [0.29, 0.717) is 34.2 Å². The zero-order valence-corrected chi connectivity index (χ0v) is 36.2. The van der Waals surface area contributed by atoms with E-state index < -0.39 is 11.6 Å². The van der Waals surface area contributed by atoms with Crippen LogP contribution in [0.25, 0.3) is 62.0 Å². The number of nitrogens with zero attached hydrogens (tertiary/aromatic N) is 4. The number of anilines is 2. The summed E-state index contributed by atoms with van der Waals surface area (Å²) in [6, 6.07) is 45.2. The molecule has 0 saturated heterocycles. The minimum absolute atomic E-state index is 0.00549. The Morgan fingerprint density at radius 1 is 0.460 bits per heavy atom. The Labute approximate surface area is 368 Å². The van der Waals surface area contributed by atoms with Gasteiger partial charge in [0.25, 0.3) is 0 Å². The second-order valence-corrected chi connectivity index (χ2v) is 17.1. The third kappa shape index (κ3) is 7.35. The third-order valence-electron chi connectivity index (χ3n) is 12.5. The Morgan fingerprint density at radius 2 is 0.984 bits per heavy atom. The van der Waals surface area contributed by atoms with Gasteiger partial charge in [0.15, 0.2) is 17.5 Å². The van der Waals surface area contributed by atoms with Crippen molar-refractivity contribution in [3.05, 3.63) is 214 Å². The molecule has 4 nitrogen and oxygen atoms in total. The number of fused-ring (bicyclic) bond motifs is 3. The van der Waals surface area contributed by atoms with E-state index in [2.05, 4.69) is 113 Å². The first-order valence-electron chi connectivity index (χ1n) is 21.5. The van der Waals surface area contributed by atoms with Gasteiger partial charge in [0.1, 0.15) is 11.6 Å². The Kier molecular flexibility index (Phi) is 10.0. The number of aromatic nitrogens is 3. The van der Waals surface area contributed by atoms with Gasteiger partial charge in [0.05, 0.1) is 11.7 Å². The van der Waals surface area contributed by atoms with Crippen molar-refractivity contribution in [3.63, 3.8) is 0 Å². The molecule has 2 atom stereocenters. The third-order valence-corrected chi connectivity index (χ3v) is 12.5. The molecule has 2 aliphatic rings. The number of hydrogen-bond acceptors (Lipinski definition) is 4. The lowest BCUT2D eigenvalue weighted by Crippen LogP contribution is -2.29. The fourth-order valence-electron chi connectivity index (χ4n) is 10.0. The van der Waals surface area contributed by atoms with E-state index in [1.165, 1.54) is 73.3 Å². The van der Waals surface area contributed by atoms with Crippen molar-refractivity contribution in [1.82, 2.24) is 15.0 Å². The van der Waals surface area contributed by atoms with Crippen molar-refractivity contribution < 1.29 is 8.78 Å². The van der Waals surface area contributed by atoms with Crippen LogP contribution < -0.4 is 4.90 Å². The van der Waals surface area contributed by atoms with Gasteiger partial charge < -0.3 is 4.90 Å². The molecule has 10 rings (SSSR count). The standard InChI is InChI=1S/C57H46F2N4/c1-33-23-35(3)53(36(4)24-33)42-18-21-50-47(30-42)48-31-43(54-37(5)25-34(2)26-38(54)6)19-22-51(48)63(50)52-20-17-41(44-27-45(58)32-46(59)28-44)29-49(52)57-61-55(39-13-9-7-10-14-39)60-56(62-57)40-15-11-8-12-16-40/h7-32,47,50H,1-6H3. The first-order chi connectivity index (χ1) is 30.5. The summed E-state index contributed by atoms with van der Waals surface area (Å²) >= 11 is 0. The zero-order chi connectivity index (χ0) is 43.5. The van der Waals surface area contributed by atoms with Crippen LogP contribution in [0, 0.1) is 53.2 Å². The molecule has 2 heterocycles. The Morgan fingerprint density at radius 3 is 1.57 bits per heavy atom. The second kappa shape index (κ2) is 15.9. The van der Waals surface area contributed by atoms with Gasteiger partial charge in [-0.1, -0.05) is 126 Å². The molecule has 8 aromatic rings. The van der Waals surface area contributed by atoms with E-state index in [1.54, 1.807) is 0 Å². The van der Waals surface area contributed by atoms with Crippen LogP contribution in [0.3, 0.4) is 0 Å². The zero-order valence-electron chi connectivity index (χ0n) is 36.2. The fraction of sp³-hybridized carbons (Fsp3) is 0.140. The van der Waals surface area contributed by atoms with E-state index in [1.807, 2.05) is 72.8 Å². The predicted molar refractivity (Wildman–Crippen MR) is 254 cm³/mol. The molecule has 1 aromatic heterocycles. The summed E-state index contributed by atoms with van der Waals surface area (Å²) in [5.74, 6) is 0.201. The SMILES string of the molecule is Cc1cc(C)c(C2=CC3c4cc(-c5c(C)cc(C)cc5C)ccc4N(c4ccc(-c5cc(F)cc(F)c5)cc4-c4nc(-c5ccccc5)nc(-c5ccccc5)n4)C3C=C2)c(C)c1. The lowest BCUT2D eigenvalue weighted by molar-refractivity contribution is 0.584. The van der Waals surface area contributed by atoms with Gasteiger partial charge in [-0.05, 0) is 139 Å². The summed E-state index contributed by atoms with van der Waals surface area (Å²) < 4.78 is 29.7. The van der Waals surface area contributed by atoms with Gasteiger partial charge in [-0.25, -0.2) is 23.7 Å². The molecule has 0 spiro atoms. The summed E-state index contributed by atoms with van der Waals surface area (Å²) in [5, 5.41) is 0. The number of benzene rings is 7. The van der Waals surface area contributed by atoms with Gasteiger partial charge in [-0.3, -0.25) is 0 Å². The molecule has 2 unspecified atom stereocenters. The van der Waals surface area contributed by atoms with E-state index >= 15 is 0 Å². The maximum atomic E-state index is 14.8. The van der Waals surface area contributed by atoms with Crippen LogP contribution in [0.1, 0.15) is 50.4 Å². The van der Waals surface area contributed by atoms with Crippen LogP contribution in [0.15, 0.2) is 158 Å². The minimum Gasteiger partial charge on any atom is -0.333 e. The fourth-order valence-corrected chi connectivity index (χ4v) is 10.0. The quantitative estimate of drug-likeness (QED) is 0.161. The summed E-state index contributed by atoms with van der Waals surface area (Å²) in [6.45, 7) is 13.1. The monoisotopic (exact) mass is 824 g/mol. The van der Waals surface area contributed by atoms with Crippen molar-refractivity contribution in [2.45, 2.75) is 53.5 Å². The number of allylic oxidation sites excluding steroid dienone is 2. The van der Waals surface area contributed by atoms with Crippen molar-refractivity contribution in [2.75, 3.05) is 4.90 Å². The highest BCUT2D eigenvalue weighted by atomic mass is 19.1. The van der Waals surface area contributed by atoms with Gasteiger partial charge in [0.2, 0.25) is 0 Å². The molecule has 0 saturated carbocycles. The molecule has 7 aromatic carbocycles. The van der Waals surface area contributed by atoms with Gasteiger partial charge in [0, 0.05) is 34.4 Å². The highest BCUT2D eigenvalue weighted by Gasteiger charge is 2.40. The molecule has 0 bridgehead atoms. The van der Waals surface area contributed by atoms with Crippen LogP contribution in [0.4, 0.5) is 20.2 Å². The Bertz CT molecular complexity index is 3040. The molecule has 0 radical (unpaired) electrons. The number of hydrogen-bond donors (Lipinski definition) is 0. The van der Waals surface area contributed by atoms with Crippen LogP contribution in [0.5, 0.6) is 0 Å². The summed E-state index contributed by atoms with van der Waals surface area (Å²) in [4.78, 5) is 17.8. The van der Waals surface area contributed by atoms with Crippen LogP contribution in [-0.4, -0.2) is 21.0 Å². The molecule has 1 aliphatic heterocycles. The van der Waals surface area contributed by atoms with Crippen molar-refractivity contribution in [2.24, 2.45) is 0 Å². The van der Waals surface area contributed by atoms with E-state index in [4.69, 9.17) is 15.0 Å². The average molecular weight is 825 g/mol. The minimum atomic E-state index is -0.645. The molecule has 0 N–H and O–H groups in total. The van der Waals surface area contributed by atoms with Crippen molar-refractivity contribution in [3.8, 4) is 56.4 Å². The number of rotatable bonds is 7. The maximum absolute atomic E-state index is 14.8. The first-order valence-corrected chi connectivity index (χ1v) is 21.5. The molecule has 63 heavy (non-hydrogen) atoms. The van der Waals surface area contributed by atoms with Gasteiger partial charge in [-0.2, -0.15) is 0 Å². The summed E-state index contributed by atoms with van der Waals surface area (Å²) in [5.41, 5.74) is 19.0. The van der Waals surface area contributed by atoms with E-state index in [0.717, 1.165) is 28.6 Å². The van der Waals surface area contributed by atoms with Crippen molar-refractivity contribution >= 4 is 16.9 Å². The highest BCUT2D eigenvalue weighted by molar-refractivity contribution is 5.91. The van der Waals surface area contributed by atoms with E-state index in [9.17, 15) is 8.78 Å². The smallest absolute Gasteiger partial charge is 0.166 e. The van der Waals surface area contributed by atoms with Crippen LogP contribution >= 0.6 is 0 Å². The predicted octanol–water partition coefficient (Wildman–Crippen LogP) is 14.6. The lowest BCUT2D eigenvalue weighted by Gasteiger charge is -2.31. The molecule has 6 heteroatoms. The van der Waals surface area contributed by atoms with Gasteiger partial charge >= 0.3 is 0 Å². The van der Waals surface area contributed by atoms with E-state index in [-0.39, 0.29) is 12.0 Å². The number of aryl methyl sites for hydroxylation is 6. The van der Waals surface area contributed by atoms with Gasteiger partial charge in [-0.15, -0.1) is 0 Å². The molecule has 0 amide bonds. The van der Waals surface area contributed by atoms with Crippen LogP contribution in [0.2, 0.25) is 0 Å². The average Bonchev–Trinajstić information content (AvgIpc) is 3.58. The maximum Gasteiger partial charge on any atom is 0.166 e. The molecular weight excluding hydrogens is 779 g/mol. The largest absolute Gasteiger partial charge is 0.333 e. The molecule has 1 aliphatic carbocycles. The molecule has 308 valence electrons. The summed E-state index contributed by atoms with van der Waals surface area (Å²) in [6.07, 6.45) is 7.05. The Balaban J connectivity index is 1.22. The lowest BCUT2D eigenvalue weighted by atomic mass is 9.83.